The molecule has 0 bridgehead atoms. The van der Waals surface area contributed by atoms with Crippen LogP contribution in [0, 0.1) is 12.8 Å². The molecule has 0 radical (unpaired) electrons. The summed E-state index contributed by atoms with van der Waals surface area (Å²) in [7, 11) is 0. The highest BCUT2D eigenvalue weighted by atomic mass is 32.2. The molecule has 10 heteroatoms. The smallest absolute Gasteiger partial charge is 0.292 e. The van der Waals surface area contributed by atoms with Crippen molar-refractivity contribution in [3.05, 3.63) is 52.9 Å². The number of para-hydroxylation sites is 1. The summed E-state index contributed by atoms with van der Waals surface area (Å²) in [5.41, 5.74) is 1.54. The molecule has 0 unspecified atom stereocenters. The molecule has 0 aliphatic carbocycles. The Kier molecular flexibility index (Phi) is 5.75. The molecule has 4 heterocycles. The van der Waals surface area contributed by atoms with E-state index in [1.165, 1.54) is 11.3 Å². The molecule has 1 atom stereocenters. The fourth-order valence-electron chi connectivity index (χ4n) is 3.63. The molecule has 1 aliphatic rings. The first-order valence-corrected chi connectivity index (χ1v) is 11.8. The molecule has 8 nitrogen and oxygen atoms in total. The molecule has 4 aromatic rings. The molecule has 1 aromatic carbocycles. The molecule has 1 amide bonds. The fraction of sp³-hybridized carbons (Fsp3) is 0.333. The number of amides is 1. The van der Waals surface area contributed by atoms with Gasteiger partial charge in [-0.1, -0.05) is 41.3 Å². The first kappa shape index (κ1) is 20.2. The Bertz CT molecular complexity index is 1210. The molecule has 1 N–H and O–H groups in total. The van der Waals surface area contributed by atoms with Crippen LogP contribution in [-0.2, 0) is 17.0 Å². The molecule has 160 valence electrons. The minimum absolute atomic E-state index is 0.287. The number of fused-ring (bicyclic) bond motifs is 1. The van der Waals surface area contributed by atoms with Gasteiger partial charge in [-0.15, -0.1) is 10.2 Å². The van der Waals surface area contributed by atoms with Gasteiger partial charge in [0.1, 0.15) is 16.4 Å². The summed E-state index contributed by atoms with van der Waals surface area (Å²) in [6.07, 6.45) is 2.70. The Balaban J connectivity index is 1.39. The number of anilines is 1. The lowest BCUT2D eigenvalue weighted by molar-refractivity contribution is 0.0996. The van der Waals surface area contributed by atoms with Crippen molar-refractivity contribution in [3.8, 4) is 0 Å². The number of rotatable bonds is 7. The summed E-state index contributed by atoms with van der Waals surface area (Å²) in [4.78, 5) is 13.2. The van der Waals surface area contributed by atoms with Crippen LogP contribution >= 0.6 is 23.1 Å². The molecular formula is C21H21N5O3S2. The fourth-order valence-corrected chi connectivity index (χ4v) is 5.47. The van der Waals surface area contributed by atoms with Crippen LogP contribution in [-0.4, -0.2) is 39.1 Å². The number of nitrogens with zero attached hydrogens (tertiary/aromatic N) is 4. The lowest BCUT2D eigenvalue weighted by Crippen LogP contribution is -2.19. The van der Waals surface area contributed by atoms with Crippen LogP contribution < -0.4 is 5.32 Å². The van der Waals surface area contributed by atoms with Crippen molar-refractivity contribution >= 4 is 45.8 Å². The Hall–Kier alpha value is -2.69. The third kappa shape index (κ3) is 4.36. The summed E-state index contributed by atoms with van der Waals surface area (Å²) in [5, 5.41) is 17.4. The number of ether oxygens (including phenoxy) is 1. The lowest BCUT2D eigenvalue weighted by atomic mass is 10.1. The number of benzene rings is 1. The van der Waals surface area contributed by atoms with Crippen molar-refractivity contribution in [2.24, 2.45) is 5.92 Å². The standard InChI is InChI=1S/C21H21N5O3S2/c1-13-24-25-21(31-13)30-12-16-15-4-2-3-5-17(15)29-19(16)20(27)23-18-6-8-22-26(18)10-14-7-9-28-11-14/h2-6,8,14H,7,9-12H2,1H3,(H,23,27)/t14-/m1/s1. The van der Waals surface area contributed by atoms with Crippen LogP contribution in [0.5, 0.6) is 0 Å². The molecule has 31 heavy (non-hydrogen) atoms. The van der Waals surface area contributed by atoms with Crippen LogP contribution in [0.1, 0.15) is 27.5 Å². The monoisotopic (exact) mass is 455 g/mol. The highest BCUT2D eigenvalue weighted by Gasteiger charge is 2.23. The van der Waals surface area contributed by atoms with E-state index in [-0.39, 0.29) is 5.91 Å². The highest BCUT2D eigenvalue weighted by Crippen LogP contribution is 2.33. The summed E-state index contributed by atoms with van der Waals surface area (Å²) >= 11 is 3.09. The Morgan fingerprint density at radius 1 is 1.32 bits per heavy atom. The zero-order valence-electron chi connectivity index (χ0n) is 16.9. The summed E-state index contributed by atoms with van der Waals surface area (Å²) in [6.45, 7) is 4.14. The molecule has 1 saturated heterocycles. The van der Waals surface area contributed by atoms with E-state index in [0.717, 1.165) is 39.9 Å². The first-order valence-electron chi connectivity index (χ1n) is 10.0. The number of carbonyl (C=O) groups excluding carboxylic acids is 1. The van der Waals surface area contributed by atoms with Crippen LogP contribution in [0.4, 0.5) is 5.82 Å². The third-order valence-electron chi connectivity index (χ3n) is 5.17. The molecule has 3 aromatic heterocycles. The average molecular weight is 456 g/mol. The van der Waals surface area contributed by atoms with E-state index in [1.807, 2.05) is 35.9 Å². The molecule has 1 aliphatic heterocycles. The first-order chi connectivity index (χ1) is 15.2. The van der Waals surface area contributed by atoms with Gasteiger partial charge in [0.05, 0.1) is 12.8 Å². The minimum Gasteiger partial charge on any atom is -0.451 e. The predicted molar refractivity (Wildman–Crippen MR) is 120 cm³/mol. The van der Waals surface area contributed by atoms with Gasteiger partial charge in [-0.05, 0) is 19.4 Å². The second-order valence-electron chi connectivity index (χ2n) is 7.36. The van der Waals surface area contributed by atoms with Gasteiger partial charge in [-0.2, -0.15) is 5.10 Å². The summed E-state index contributed by atoms with van der Waals surface area (Å²) < 4.78 is 14.1. The van der Waals surface area contributed by atoms with Gasteiger partial charge in [0.15, 0.2) is 10.1 Å². The Morgan fingerprint density at radius 2 is 2.23 bits per heavy atom. The number of carbonyl (C=O) groups is 1. The number of thioether (sulfide) groups is 1. The van der Waals surface area contributed by atoms with Crippen LogP contribution in [0.15, 0.2) is 45.3 Å². The van der Waals surface area contributed by atoms with Gasteiger partial charge in [-0.25, -0.2) is 4.68 Å². The van der Waals surface area contributed by atoms with Gasteiger partial charge in [-0.3, -0.25) is 4.79 Å². The number of nitrogens with one attached hydrogen (secondary N) is 1. The van der Waals surface area contributed by atoms with Gasteiger partial charge in [0.2, 0.25) is 0 Å². The van der Waals surface area contributed by atoms with Crippen molar-refractivity contribution in [2.75, 3.05) is 18.5 Å². The van der Waals surface area contributed by atoms with Gasteiger partial charge >= 0.3 is 0 Å². The molecule has 1 fully saturated rings. The van der Waals surface area contributed by atoms with Crippen molar-refractivity contribution < 1.29 is 13.9 Å². The second kappa shape index (κ2) is 8.81. The highest BCUT2D eigenvalue weighted by molar-refractivity contribution is 8.00. The van der Waals surface area contributed by atoms with E-state index >= 15 is 0 Å². The van der Waals surface area contributed by atoms with Gasteiger partial charge in [0.25, 0.3) is 5.91 Å². The van der Waals surface area contributed by atoms with E-state index in [0.29, 0.717) is 35.4 Å². The number of hydrogen-bond acceptors (Lipinski definition) is 8. The molecular weight excluding hydrogens is 434 g/mol. The topological polar surface area (TPSA) is 95.1 Å². The van der Waals surface area contributed by atoms with E-state index in [9.17, 15) is 4.79 Å². The zero-order valence-corrected chi connectivity index (χ0v) is 18.5. The van der Waals surface area contributed by atoms with E-state index in [1.54, 1.807) is 24.0 Å². The van der Waals surface area contributed by atoms with Crippen molar-refractivity contribution in [1.82, 2.24) is 20.0 Å². The summed E-state index contributed by atoms with van der Waals surface area (Å²) in [5.74, 6) is 1.64. The average Bonchev–Trinajstić information content (AvgIpc) is 3.55. The largest absolute Gasteiger partial charge is 0.451 e. The molecule has 0 saturated carbocycles. The van der Waals surface area contributed by atoms with E-state index < -0.39 is 0 Å². The van der Waals surface area contributed by atoms with Gasteiger partial charge < -0.3 is 14.5 Å². The lowest BCUT2D eigenvalue weighted by Gasteiger charge is -2.12. The number of aromatic nitrogens is 4. The van der Waals surface area contributed by atoms with Crippen LogP contribution in [0.25, 0.3) is 11.0 Å². The predicted octanol–water partition coefficient (Wildman–Crippen LogP) is 4.37. The van der Waals surface area contributed by atoms with E-state index in [4.69, 9.17) is 9.15 Å². The van der Waals surface area contributed by atoms with Gasteiger partial charge in [0, 0.05) is 41.8 Å². The molecule has 5 rings (SSSR count). The number of aryl methyl sites for hydroxylation is 1. The third-order valence-corrected chi connectivity index (χ3v) is 7.16. The van der Waals surface area contributed by atoms with Crippen molar-refractivity contribution in [1.29, 1.82) is 0 Å². The Labute approximate surface area is 187 Å². The van der Waals surface area contributed by atoms with Crippen LogP contribution in [0.3, 0.4) is 0 Å². The number of furan rings is 1. The van der Waals surface area contributed by atoms with Crippen LogP contribution in [0.2, 0.25) is 0 Å². The summed E-state index contributed by atoms with van der Waals surface area (Å²) in [6, 6.07) is 9.49. The maximum Gasteiger partial charge on any atom is 0.292 e. The van der Waals surface area contributed by atoms with Crippen molar-refractivity contribution in [3.63, 3.8) is 0 Å². The maximum atomic E-state index is 13.2. The second-order valence-corrected chi connectivity index (χ2v) is 9.77. The quantitative estimate of drug-likeness (QED) is 0.413. The maximum absolute atomic E-state index is 13.2. The normalized spacial score (nSPS) is 16.2. The molecule has 0 spiro atoms. The number of hydrogen-bond donors (Lipinski definition) is 1. The minimum atomic E-state index is -0.287. The SMILES string of the molecule is Cc1nnc(SCc2c(C(=O)Nc3ccnn3C[C@H]3CCOC3)oc3ccccc23)s1. The van der Waals surface area contributed by atoms with Crippen molar-refractivity contribution in [2.45, 2.75) is 30.0 Å². The Morgan fingerprint density at radius 3 is 3.03 bits per heavy atom. The zero-order chi connectivity index (χ0) is 21.2. The van der Waals surface area contributed by atoms with E-state index in [2.05, 4.69) is 20.6 Å².